The molecule has 1 aliphatic heterocycles. The number of amides is 1. The fourth-order valence-corrected chi connectivity index (χ4v) is 3.37. The van der Waals surface area contributed by atoms with Crippen molar-refractivity contribution < 1.29 is 9.90 Å². The van der Waals surface area contributed by atoms with E-state index in [9.17, 15) is 9.90 Å². The summed E-state index contributed by atoms with van der Waals surface area (Å²) >= 11 is 5.90. The molecule has 1 amide bonds. The summed E-state index contributed by atoms with van der Waals surface area (Å²) in [6.45, 7) is 8.05. The minimum atomic E-state index is -0.675. The molecule has 1 saturated heterocycles. The maximum Gasteiger partial charge on any atom is 0.234 e. The van der Waals surface area contributed by atoms with Crippen molar-refractivity contribution in [1.82, 2.24) is 20.9 Å². The van der Waals surface area contributed by atoms with Crippen LogP contribution in [0.15, 0.2) is 29.3 Å². The molecular formula is C21H35ClIN5O2. The van der Waals surface area contributed by atoms with Crippen LogP contribution in [0.4, 0.5) is 0 Å². The maximum absolute atomic E-state index is 11.9. The van der Waals surface area contributed by atoms with Gasteiger partial charge in [-0.15, -0.1) is 24.0 Å². The molecule has 0 aliphatic carbocycles. The number of piperidine rings is 1. The predicted octanol–water partition coefficient (Wildman–Crippen LogP) is 2.54. The summed E-state index contributed by atoms with van der Waals surface area (Å²) in [5.74, 6) is 0.809. The SMILES string of the molecule is CCCNC(=O)CN1CCC(NC(=NCC(O)c2ccc(Cl)cc2)NCC)CC1.I. The molecule has 1 fully saturated rings. The van der Waals surface area contributed by atoms with E-state index in [0.29, 0.717) is 23.6 Å². The van der Waals surface area contributed by atoms with Crippen molar-refractivity contribution in [3.63, 3.8) is 0 Å². The molecule has 7 nitrogen and oxygen atoms in total. The van der Waals surface area contributed by atoms with Crippen molar-refractivity contribution in [2.75, 3.05) is 39.3 Å². The third-order valence-electron chi connectivity index (χ3n) is 4.89. The van der Waals surface area contributed by atoms with Crippen molar-refractivity contribution in [3.8, 4) is 0 Å². The first kappa shape index (κ1) is 26.9. The minimum absolute atomic E-state index is 0. The summed E-state index contributed by atoms with van der Waals surface area (Å²) in [5, 5.41) is 20.6. The van der Waals surface area contributed by atoms with Crippen LogP contribution >= 0.6 is 35.6 Å². The number of likely N-dealkylation sites (tertiary alicyclic amines) is 1. The van der Waals surface area contributed by atoms with Gasteiger partial charge in [0.15, 0.2) is 5.96 Å². The van der Waals surface area contributed by atoms with Crippen molar-refractivity contribution in [2.24, 2.45) is 4.99 Å². The monoisotopic (exact) mass is 551 g/mol. The zero-order valence-corrected chi connectivity index (χ0v) is 21.0. The first-order chi connectivity index (χ1) is 14.0. The normalized spacial score (nSPS) is 16.5. The van der Waals surface area contributed by atoms with Crippen molar-refractivity contribution >= 4 is 47.4 Å². The number of halogens is 2. The van der Waals surface area contributed by atoms with E-state index >= 15 is 0 Å². The molecule has 30 heavy (non-hydrogen) atoms. The van der Waals surface area contributed by atoms with Crippen molar-refractivity contribution in [3.05, 3.63) is 34.9 Å². The number of hydrogen-bond donors (Lipinski definition) is 4. The first-order valence-corrected chi connectivity index (χ1v) is 10.9. The Labute approximate surface area is 202 Å². The van der Waals surface area contributed by atoms with Crippen LogP contribution in [0.1, 0.15) is 44.8 Å². The molecule has 1 atom stereocenters. The van der Waals surface area contributed by atoms with Gasteiger partial charge in [-0.25, -0.2) is 0 Å². The van der Waals surface area contributed by atoms with Gasteiger partial charge in [-0.3, -0.25) is 14.7 Å². The molecule has 9 heteroatoms. The van der Waals surface area contributed by atoms with Gasteiger partial charge in [-0.2, -0.15) is 0 Å². The molecule has 4 N–H and O–H groups in total. The van der Waals surface area contributed by atoms with Crippen LogP contribution < -0.4 is 16.0 Å². The van der Waals surface area contributed by atoms with Gasteiger partial charge in [0.05, 0.1) is 19.2 Å². The average Bonchev–Trinajstić information content (AvgIpc) is 2.72. The Morgan fingerprint density at radius 3 is 2.50 bits per heavy atom. The maximum atomic E-state index is 11.9. The second kappa shape index (κ2) is 14.8. The molecule has 1 aromatic carbocycles. The Balaban J connectivity index is 0.00000450. The van der Waals surface area contributed by atoms with Gasteiger partial charge in [0, 0.05) is 37.2 Å². The summed E-state index contributed by atoms with van der Waals surface area (Å²) in [5.41, 5.74) is 0.795. The van der Waals surface area contributed by atoms with E-state index in [1.165, 1.54) is 0 Å². The summed E-state index contributed by atoms with van der Waals surface area (Å²) in [6.07, 6.45) is 2.18. The van der Waals surface area contributed by atoms with Gasteiger partial charge in [0.1, 0.15) is 0 Å². The molecule has 1 aliphatic rings. The average molecular weight is 552 g/mol. The van der Waals surface area contributed by atoms with Crippen molar-refractivity contribution in [2.45, 2.75) is 45.3 Å². The number of aliphatic hydroxyl groups is 1. The summed E-state index contributed by atoms with van der Waals surface area (Å²) in [6, 6.07) is 7.47. The summed E-state index contributed by atoms with van der Waals surface area (Å²) in [4.78, 5) is 18.6. The standard InChI is InChI=1S/C21H34ClN5O2.HI/c1-3-11-24-20(29)15-27-12-9-18(10-13-27)26-21(23-4-2)25-14-19(28)16-5-7-17(22)8-6-16;/h5-8,18-19,28H,3-4,9-15H2,1-2H3,(H,24,29)(H2,23,25,26);1H. The lowest BCUT2D eigenvalue weighted by molar-refractivity contribution is -0.122. The lowest BCUT2D eigenvalue weighted by atomic mass is 10.1. The van der Waals surface area contributed by atoms with Gasteiger partial charge >= 0.3 is 0 Å². The van der Waals surface area contributed by atoms with Gasteiger partial charge in [-0.05, 0) is 43.9 Å². The van der Waals surface area contributed by atoms with Crippen LogP contribution in [-0.4, -0.2) is 67.2 Å². The van der Waals surface area contributed by atoms with E-state index in [0.717, 1.165) is 51.0 Å². The molecule has 0 aromatic heterocycles. The minimum Gasteiger partial charge on any atom is -0.386 e. The van der Waals surface area contributed by atoms with E-state index in [-0.39, 0.29) is 36.4 Å². The highest BCUT2D eigenvalue weighted by Crippen LogP contribution is 2.16. The number of benzene rings is 1. The molecule has 170 valence electrons. The number of nitrogens with zero attached hydrogens (tertiary/aromatic N) is 2. The van der Waals surface area contributed by atoms with E-state index in [4.69, 9.17) is 11.6 Å². The molecule has 1 unspecified atom stereocenters. The second-order valence-corrected chi connectivity index (χ2v) is 7.77. The van der Waals surface area contributed by atoms with Crippen LogP contribution in [0.25, 0.3) is 0 Å². The van der Waals surface area contributed by atoms with Crippen LogP contribution in [0.2, 0.25) is 5.02 Å². The van der Waals surface area contributed by atoms with Gasteiger partial charge < -0.3 is 21.1 Å². The zero-order chi connectivity index (χ0) is 21.1. The number of rotatable bonds is 9. The Morgan fingerprint density at radius 1 is 1.23 bits per heavy atom. The number of guanidine groups is 1. The number of nitrogens with one attached hydrogen (secondary N) is 3. The molecule has 0 spiro atoms. The van der Waals surface area contributed by atoms with E-state index in [1.54, 1.807) is 12.1 Å². The quantitative estimate of drug-likeness (QED) is 0.215. The highest BCUT2D eigenvalue weighted by molar-refractivity contribution is 14.0. The first-order valence-electron chi connectivity index (χ1n) is 10.5. The third-order valence-corrected chi connectivity index (χ3v) is 5.14. The van der Waals surface area contributed by atoms with Gasteiger partial charge in [0.2, 0.25) is 5.91 Å². The highest BCUT2D eigenvalue weighted by Gasteiger charge is 2.21. The second-order valence-electron chi connectivity index (χ2n) is 7.33. The fourth-order valence-electron chi connectivity index (χ4n) is 3.24. The summed E-state index contributed by atoms with van der Waals surface area (Å²) < 4.78 is 0. The number of carbonyl (C=O) groups excluding carboxylic acids is 1. The fraction of sp³-hybridized carbons (Fsp3) is 0.619. The number of aliphatic hydroxyl groups excluding tert-OH is 1. The zero-order valence-electron chi connectivity index (χ0n) is 17.9. The number of carbonyl (C=O) groups is 1. The molecule has 1 heterocycles. The van der Waals surface area contributed by atoms with Crippen LogP contribution in [0.3, 0.4) is 0 Å². The molecule has 0 saturated carbocycles. The molecule has 1 aromatic rings. The molecule has 2 rings (SSSR count). The number of aliphatic imine (C=N–C) groups is 1. The number of hydrogen-bond acceptors (Lipinski definition) is 4. The van der Waals surface area contributed by atoms with E-state index in [2.05, 4.69) is 32.8 Å². The van der Waals surface area contributed by atoms with Gasteiger partial charge in [0.25, 0.3) is 0 Å². The van der Waals surface area contributed by atoms with Crippen LogP contribution in [-0.2, 0) is 4.79 Å². The largest absolute Gasteiger partial charge is 0.386 e. The lowest BCUT2D eigenvalue weighted by Crippen LogP contribution is -2.50. The molecule has 0 bridgehead atoms. The molecule has 0 radical (unpaired) electrons. The summed E-state index contributed by atoms with van der Waals surface area (Å²) in [7, 11) is 0. The smallest absolute Gasteiger partial charge is 0.234 e. The Hall–Kier alpha value is -1.10. The Morgan fingerprint density at radius 2 is 1.90 bits per heavy atom. The lowest BCUT2D eigenvalue weighted by Gasteiger charge is -2.32. The van der Waals surface area contributed by atoms with E-state index < -0.39 is 6.10 Å². The van der Waals surface area contributed by atoms with Crippen LogP contribution in [0, 0.1) is 0 Å². The third kappa shape index (κ3) is 9.80. The van der Waals surface area contributed by atoms with Crippen LogP contribution in [0.5, 0.6) is 0 Å². The molecular weight excluding hydrogens is 517 g/mol. The predicted molar refractivity (Wildman–Crippen MR) is 134 cm³/mol. The Bertz CT molecular complexity index is 651. The Kier molecular flexibility index (Phi) is 13.3. The van der Waals surface area contributed by atoms with Crippen molar-refractivity contribution in [1.29, 1.82) is 0 Å². The van der Waals surface area contributed by atoms with E-state index in [1.807, 2.05) is 19.1 Å². The highest BCUT2D eigenvalue weighted by atomic mass is 127. The van der Waals surface area contributed by atoms with Gasteiger partial charge in [-0.1, -0.05) is 30.7 Å². The topological polar surface area (TPSA) is 89.0 Å².